The van der Waals surface area contributed by atoms with E-state index in [9.17, 15) is 4.79 Å². The van der Waals surface area contributed by atoms with Crippen LogP contribution in [-0.2, 0) is 7.05 Å². The van der Waals surface area contributed by atoms with Crippen LogP contribution < -0.4 is 5.73 Å². The molecule has 2 N–H and O–H groups in total. The largest absolute Gasteiger partial charge is 0.327 e. The van der Waals surface area contributed by atoms with Crippen molar-refractivity contribution in [3.05, 3.63) is 18.0 Å². The van der Waals surface area contributed by atoms with Gasteiger partial charge in [-0.15, -0.1) is 0 Å². The molecule has 0 radical (unpaired) electrons. The van der Waals surface area contributed by atoms with Gasteiger partial charge in [-0.2, -0.15) is 5.10 Å². The highest BCUT2D eigenvalue weighted by Gasteiger charge is 2.23. The first-order valence-corrected chi connectivity index (χ1v) is 5.08. The van der Waals surface area contributed by atoms with Crippen LogP contribution in [0.5, 0.6) is 0 Å². The maximum Gasteiger partial charge on any atom is 0.167 e. The molecule has 4 nitrogen and oxygen atoms in total. The summed E-state index contributed by atoms with van der Waals surface area (Å²) in [6, 6.07) is -0.120. The number of Topliss-reactive ketones (excluding diaryl/α,β-unsaturated/α-hetero) is 1. The summed E-state index contributed by atoms with van der Waals surface area (Å²) in [4.78, 5) is 11.8. The quantitative estimate of drug-likeness (QED) is 0.765. The second-order valence-corrected chi connectivity index (χ2v) is 5.00. The fourth-order valence-corrected chi connectivity index (χ4v) is 1.19. The summed E-state index contributed by atoms with van der Waals surface area (Å²) in [6.07, 6.45) is 3.67. The molecule has 0 aliphatic carbocycles. The minimum atomic E-state index is -0.120. The SMILES string of the molecule is Cn1cc(C(=O)CC(N)C(C)(C)C)cn1. The monoisotopic (exact) mass is 209 g/mol. The Labute approximate surface area is 90.5 Å². The Morgan fingerprint density at radius 1 is 1.60 bits per heavy atom. The van der Waals surface area contributed by atoms with Crippen molar-refractivity contribution in [3.63, 3.8) is 0 Å². The Kier molecular flexibility index (Phi) is 3.29. The number of hydrogen-bond acceptors (Lipinski definition) is 3. The van der Waals surface area contributed by atoms with Gasteiger partial charge in [-0.05, 0) is 5.41 Å². The molecule has 0 fully saturated rings. The van der Waals surface area contributed by atoms with Gasteiger partial charge in [0.25, 0.3) is 0 Å². The lowest BCUT2D eigenvalue weighted by Crippen LogP contribution is -2.36. The van der Waals surface area contributed by atoms with Gasteiger partial charge in [-0.1, -0.05) is 20.8 Å². The van der Waals surface area contributed by atoms with E-state index in [4.69, 9.17) is 5.73 Å². The van der Waals surface area contributed by atoms with Crippen molar-refractivity contribution in [2.75, 3.05) is 0 Å². The van der Waals surface area contributed by atoms with Gasteiger partial charge >= 0.3 is 0 Å². The fourth-order valence-electron chi connectivity index (χ4n) is 1.19. The fraction of sp³-hybridized carbons (Fsp3) is 0.636. The summed E-state index contributed by atoms with van der Waals surface area (Å²) in [5.74, 6) is 0.0607. The van der Waals surface area contributed by atoms with Crippen molar-refractivity contribution in [1.29, 1.82) is 0 Å². The van der Waals surface area contributed by atoms with Crippen molar-refractivity contribution in [2.45, 2.75) is 33.2 Å². The molecule has 0 aliphatic heterocycles. The topological polar surface area (TPSA) is 60.9 Å². The van der Waals surface area contributed by atoms with Crippen molar-refractivity contribution < 1.29 is 4.79 Å². The molecule has 0 spiro atoms. The number of aryl methyl sites for hydroxylation is 1. The Morgan fingerprint density at radius 2 is 2.20 bits per heavy atom. The molecular formula is C11H19N3O. The molecule has 1 heterocycles. The van der Waals surface area contributed by atoms with Crippen molar-refractivity contribution in [2.24, 2.45) is 18.2 Å². The van der Waals surface area contributed by atoms with E-state index in [-0.39, 0.29) is 17.2 Å². The maximum atomic E-state index is 11.8. The third-order valence-electron chi connectivity index (χ3n) is 2.54. The third kappa shape index (κ3) is 3.16. The van der Waals surface area contributed by atoms with Crippen LogP contribution in [0.2, 0.25) is 0 Å². The van der Waals surface area contributed by atoms with Gasteiger partial charge in [0.2, 0.25) is 0 Å². The lowest BCUT2D eigenvalue weighted by Gasteiger charge is -2.26. The number of nitrogens with two attached hydrogens (primary N) is 1. The van der Waals surface area contributed by atoms with Crippen LogP contribution >= 0.6 is 0 Å². The number of ketones is 1. The summed E-state index contributed by atoms with van der Waals surface area (Å²) in [7, 11) is 1.79. The molecule has 0 amide bonds. The predicted octanol–water partition coefficient (Wildman–Crippen LogP) is 1.37. The second kappa shape index (κ2) is 4.14. The number of hydrogen-bond donors (Lipinski definition) is 1. The molecule has 0 aliphatic rings. The second-order valence-electron chi connectivity index (χ2n) is 5.00. The summed E-state index contributed by atoms with van der Waals surface area (Å²) < 4.78 is 1.62. The zero-order valence-corrected chi connectivity index (χ0v) is 9.82. The van der Waals surface area contributed by atoms with Crippen LogP contribution in [0.25, 0.3) is 0 Å². The van der Waals surface area contributed by atoms with Crippen molar-refractivity contribution >= 4 is 5.78 Å². The first-order valence-electron chi connectivity index (χ1n) is 5.08. The van der Waals surface area contributed by atoms with E-state index < -0.39 is 0 Å². The van der Waals surface area contributed by atoms with E-state index >= 15 is 0 Å². The zero-order chi connectivity index (χ0) is 11.6. The summed E-state index contributed by atoms with van der Waals surface area (Å²) >= 11 is 0. The molecule has 1 aromatic rings. The normalized spacial score (nSPS) is 13.9. The number of carbonyl (C=O) groups is 1. The van der Waals surface area contributed by atoms with Crippen LogP contribution in [-0.4, -0.2) is 21.6 Å². The Morgan fingerprint density at radius 3 is 2.60 bits per heavy atom. The Balaban J connectivity index is 2.64. The lowest BCUT2D eigenvalue weighted by atomic mass is 9.84. The van der Waals surface area contributed by atoms with Gasteiger partial charge in [0.1, 0.15) is 0 Å². The highest BCUT2D eigenvalue weighted by Crippen LogP contribution is 2.21. The molecule has 1 unspecified atom stereocenters. The molecular weight excluding hydrogens is 190 g/mol. The highest BCUT2D eigenvalue weighted by molar-refractivity contribution is 5.96. The van der Waals surface area contributed by atoms with Gasteiger partial charge in [0, 0.05) is 25.7 Å². The minimum Gasteiger partial charge on any atom is -0.327 e. The molecule has 4 heteroatoms. The molecule has 1 aromatic heterocycles. The highest BCUT2D eigenvalue weighted by atomic mass is 16.1. The maximum absolute atomic E-state index is 11.8. The lowest BCUT2D eigenvalue weighted by molar-refractivity contribution is 0.0953. The van der Waals surface area contributed by atoms with Gasteiger partial charge in [-0.25, -0.2) is 0 Å². The standard InChI is InChI=1S/C11H19N3O/c1-11(2,3)10(12)5-9(15)8-6-13-14(4)7-8/h6-7,10H,5,12H2,1-4H3. The van der Waals surface area contributed by atoms with Crippen LogP contribution in [0.4, 0.5) is 0 Å². The molecule has 1 atom stereocenters. The number of rotatable bonds is 3. The van der Waals surface area contributed by atoms with Crippen molar-refractivity contribution in [3.8, 4) is 0 Å². The average Bonchev–Trinajstić information content (AvgIpc) is 2.50. The molecule has 0 aromatic carbocycles. The van der Waals surface area contributed by atoms with E-state index in [0.717, 1.165) is 0 Å². The number of nitrogens with zero attached hydrogens (tertiary/aromatic N) is 2. The number of aromatic nitrogens is 2. The molecule has 1 rings (SSSR count). The summed E-state index contributed by atoms with van der Waals surface area (Å²) in [6.45, 7) is 6.11. The van der Waals surface area contributed by atoms with Crippen LogP contribution in [0.15, 0.2) is 12.4 Å². The van der Waals surface area contributed by atoms with E-state index in [1.54, 1.807) is 24.1 Å². The first kappa shape index (κ1) is 11.9. The van der Waals surface area contributed by atoms with Crippen molar-refractivity contribution in [1.82, 2.24) is 9.78 Å². The van der Waals surface area contributed by atoms with Crippen LogP contribution in [0, 0.1) is 5.41 Å². The van der Waals surface area contributed by atoms with Gasteiger partial charge in [0.15, 0.2) is 5.78 Å². The third-order valence-corrected chi connectivity index (χ3v) is 2.54. The predicted molar refractivity (Wildman–Crippen MR) is 59.6 cm³/mol. The van der Waals surface area contributed by atoms with Crippen LogP contribution in [0.3, 0.4) is 0 Å². The number of carbonyl (C=O) groups excluding carboxylic acids is 1. The van der Waals surface area contributed by atoms with E-state index in [0.29, 0.717) is 12.0 Å². The molecule has 0 saturated carbocycles. The van der Waals surface area contributed by atoms with Gasteiger partial charge in [0.05, 0.1) is 11.8 Å². The smallest absolute Gasteiger partial charge is 0.167 e. The van der Waals surface area contributed by atoms with E-state index in [2.05, 4.69) is 5.10 Å². The molecule has 0 saturated heterocycles. The first-order chi connectivity index (χ1) is 6.80. The average molecular weight is 209 g/mol. The zero-order valence-electron chi connectivity index (χ0n) is 9.82. The Bertz CT molecular complexity index is 349. The van der Waals surface area contributed by atoms with Gasteiger partial charge < -0.3 is 5.73 Å². The van der Waals surface area contributed by atoms with E-state index in [1.165, 1.54) is 0 Å². The molecule has 84 valence electrons. The van der Waals surface area contributed by atoms with Gasteiger partial charge in [-0.3, -0.25) is 9.48 Å². The van der Waals surface area contributed by atoms with E-state index in [1.807, 2.05) is 20.8 Å². The summed E-state index contributed by atoms with van der Waals surface area (Å²) in [5, 5.41) is 3.96. The Hall–Kier alpha value is -1.16. The summed E-state index contributed by atoms with van der Waals surface area (Å²) in [5.41, 5.74) is 6.54. The molecule has 15 heavy (non-hydrogen) atoms. The minimum absolute atomic E-state index is 0.0438. The molecule has 0 bridgehead atoms. The van der Waals surface area contributed by atoms with Crippen LogP contribution in [0.1, 0.15) is 37.6 Å².